The maximum Gasteiger partial charge on any atom is 0.316 e. The summed E-state index contributed by atoms with van der Waals surface area (Å²) in [6, 6.07) is 12.5. The highest BCUT2D eigenvalue weighted by Crippen LogP contribution is 2.41. The third-order valence-corrected chi connectivity index (χ3v) is 7.25. The molecule has 0 radical (unpaired) electrons. The molecule has 0 N–H and O–H groups in total. The summed E-state index contributed by atoms with van der Waals surface area (Å²) in [6.45, 7) is 6.02. The Morgan fingerprint density at radius 2 is 1.63 bits per heavy atom. The highest BCUT2D eigenvalue weighted by Gasteiger charge is 2.49. The van der Waals surface area contributed by atoms with Crippen LogP contribution in [0.4, 0.5) is 11.4 Å². The Morgan fingerprint density at radius 3 is 2.34 bits per heavy atom. The zero-order chi connectivity index (χ0) is 24.9. The number of hydrogen-bond acceptors (Lipinski definition) is 5. The molecule has 2 fully saturated rings. The van der Waals surface area contributed by atoms with E-state index in [2.05, 4.69) is 0 Å². The highest BCUT2D eigenvalue weighted by atomic mass is 16.5. The first-order valence-electron chi connectivity index (χ1n) is 12.0. The second-order valence-corrected chi connectivity index (χ2v) is 9.83. The number of rotatable bonds is 4. The lowest BCUT2D eigenvalue weighted by Crippen LogP contribution is -2.31. The van der Waals surface area contributed by atoms with Gasteiger partial charge in [0.15, 0.2) is 0 Å². The molecular formula is C28H28N2O5. The summed E-state index contributed by atoms with van der Waals surface area (Å²) in [5, 5.41) is 0. The molecule has 2 aromatic carbocycles. The Hall–Kier alpha value is -3.74. The summed E-state index contributed by atoms with van der Waals surface area (Å²) in [6.07, 6.45) is 3.34. The number of carbonyl (C=O) groups is 4. The lowest BCUT2D eigenvalue weighted by Gasteiger charge is -2.19. The number of aryl methyl sites for hydroxylation is 2. The Balaban J connectivity index is 1.28. The van der Waals surface area contributed by atoms with E-state index in [0.717, 1.165) is 16.8 Å². The first-order chi connectivity index (χ1) is 16.7. The van der Waals surface area contributed by atoms with Crippen LogP contribution in [-0.4, -0.2) is 30.2 Å². The summed E-state index contributed by atoms with van der Waals surface area (Å²) >= 11 is 0. The Kier molecular flexibility index (Phi) is 5.79. The van der Waals surface area contributed by atoms with Crippen LogP contribution in [0.3, 0.4) is 0 Å². The maximum absolute atomic E-state index is 13.0. The standard InChI is InChI=1S/C28H28N2O5/c1-16-4-7-20(8-5-16)29-15-19(14-25(29)31)28(34)35-21-9-11-24(18(3)13-21)30-26(32)22-10-6-17(2)12-23(22)27(30)33/h4-9,11,13,19,22-23H,10,12,14-15H2,1-3H3/t19-,22-,23+/m0/s1. The quantitative estimate of drug-likeness (QED) is 0.289. The van der Waals surface area contributed by atoms with E-state index in [-0.39, 0.29) is 42.5 Å². The van der Waals surface area contributed by atoms with Crippen molar-refractivity contribution >= 4 is 35.1 Å². The number of nitrogens with zero attached hydrogens (tertiary/aromatic N) is 2. The summed E-state index contributed by atoms with van der Waals surface area (Å²) < 4.78 is 5.60. The van der Waals surface area contributed by atoms with E-state index in [0.29, 0.717) is 29.8 Å². The number of hydrogen-bond donors (Lipinski definition) is 0. The van der Waals surface area contributed by atoms with Gasteiger partial charge in [-0.2, -0.15) is 0 Å². The third-order valence-electron chi connectivity index (χ3n) is 7.25. The van der Waals surface area contributed by atoms with Crippen molar-refractivity contribution in [3.63, 3.8) is 0 Å². The first kappa shape index (κ1) is 23.0. The van der Waals surface area contributed by atoms with Gasteiger partial charge in [0.05, 0.1) is 23.4 Å². The maximum atomic E-state index is 13.0. The van der Waals surface area contributed by atoms with Gasteiger partial charge in [0, 0.05) is 18.7 Å². The molecule has 3 aliphatic rings. The fourth-order valence-electron chi connectivity index (χ4n) is 5.26. The minimum Gasteiger partial charge on any atom is -0.426 e. The topological polar surface area (TPSA) is 84.0 Å². The van der Waals surface area contributed by atoms with E-state index in [1.165, 1.54) is 4.90 Å². The molecule has 2 aromatic rings. The monoisotopic (exact) mass is 472 g/mol. The largest absolute Gasteiger partial charge is 0.426 e. The Morgan fingerprint density at radius 1 is 0.914 bits per heavy atom. The average molecular weight is 473 g/mol. The Labute approximate surface area is 204 Å². The lowest BCUT2D eigenvalue weighted by molar-refractivity contribution is -0.139. The van der Waals surface area contributed by atoms with Gasteiger partial charge in [-0.1, -0.05) is 29.3 Å². The minimum absolute atomic E-state index is 0.0940. The fourth-order valence-corrected chi connectivity index (χ4v) is 5.26. The number of ether oxygens (including phenoxy) is 1. The van der Waals surface area contributed by atoms with Crippen LogP contribution in [0.1, 0.15) is 37.3 Å². The molecule has 7 heteroatoms. The fraction of sp³-hybridized carbons (Fsp3) is 0.357. The van der Waals surface area contributed by atoms with Gasteiger partial charge in [-0.25, -0.2) is 4.90 Å². The number of carbonyl (C=O) groups excluding carboxylic acids is 4. The van der Waals surface area contributed by atoms with Gasteiger partial charge in [0.25, 0.3) is 0 Å². The van der Waals surface area contributed by atoms with Gasteiger partial charge in [0.1, 0.15) is 5.75 Å². The first-order valence-corrected chi connectivity index (χ1v) is 12.0. The third kappa shape index (κ3) is 4.16. The van der Waals surface area contributed by atoms with E-state index < -0.39 is 11.9 Å². The van der Waals surface area contributed by atoms with Gasteiger partial charge in [-0.3, -0.25) is 19.2 Å². The normalized spacial score (nSPS) is 24.0. The van der Waals surface area contributed by atoms with E-state index >= 15 is 0 Å². The highest BCUT2D eigenvalue weighted by molar-refractivity contribution is 6.22. The molecule has 3 atom stereocenters. The molecule has 2 saturated heterocycles. The number of imide groups is 1. The molecule has 0 saturated carbocycles. The molecule has 3 amide bonds. The summed E-state index contributed by atoms with van der Waals surface area (Å²) in [5.74, 6) is -1.77. The number of fused-ring (bicyclic) bond motifs is 1. The van der Waals surface area contributed by atoms with Crippen molar-refractivity contribution < 1.29 is 23.9 Å². The van der Waals surface area contributed by atoms with Crippen molar-refractivity contribution in [2.45, 2.75) is 40.0 Å². The van der Waals surface area contributed by atoms with E-state index in [9.17, 15) is 19.2 Å². The van der Waals surface area contributed by atoms with E-state index in [1.54, 1.807) is 30.0 Å². The molecule has 0 unspecified atom stereocenters. The molecule has 1 aliphatic carbocycles. The van der Waals surface area contributed by atoms with Crippen molar-refractivity contribution in [3.05, 3.63) is 65.2 Å². The summed E-state index contributed by atoms with van der Waals surface area (Å²) in [7, 11) is 0. The predicted octanol–water partition coefficient (Wildman–Crippen LogP) is 4.11. The van der Waals surface area contributed by atoms with Crippen LogP contribution in [0.5, 0.6) is 5.75 Å². The molecule has 2 aliphatic heterocycles. The molecule has 35 heavy (non-hydrogen) atoms. The van der Waals surface area contributed by atoms with Crippen LogP contribution in [0.15, 0.2) is 54.1 Å². The van der Waals surface area contributed by atoms with Crippen molar-refractivity contribution in [1.29, 1.82) is 0 Å². The van der Waals surface area contributed by atoms with Crippen LogP contribution < -0.4 is 14.5 Å². The van der Waals surface area contributed by atoms with Crippen molar-refractivity contribution in [1.82, 2.24) is 0 Å². The molecule has 0 aromatic heterocycles. The van der Waals surface area contributed by atoms with Gasteiger partial charge < -0.3 is 9.64 Å². The Bertz CT molecular complexity index is 1260. The molecular weight excluding hydrogens is 444 g/mol. The van der Waals surface area contributed by atoms with Crippen LogP contribution >= 0.6 is 0 Å². The van der Waals surface area contributed by atoms with E-state index in [1.807, 2.05) is 44.2 Å². The smallest absolute Gasteiger partial charge is 0.316 e. The van der Waals surface area contributed by atoms with Gasteiger partial charge in [0.2, 0.25) is 17.7 Å². The SMILES string of the molecule is CC1=CC[C@@H]2C(=O)N(c3ccc(OC(=O)[C@H]4CC(=O)N(c5ccc(C)cc5)C4)cc3C)C(=O)[C@@H]2C1. The van der Waals surface area contributed by atoms with Crippen LogP contribution in [0.25, 0.3) is 0 Å². The minimum atomic E-state index is -0.565. The van der Waals surface area contributed by atoms with Crippen molar-refractivity contribution in [3.8, 4) is 5.75 Å². The number of amides is 3. The van der Waals surface area contributed by atoms with Gasteiger partial charge >= 0.3 is 5.97 Å². The zero-order valence-corrected chi connectivity index (χ0v) is 20.1. The average Bonchev–Trinajstić information content (AvgIpc) is 3.32. The molecule has 2 heterocycles. The second kappa shape index (κ2) is 8.80. The summed E-state index contributed by atoms with van der Waals surface area (Å²) in [4.78, 5) is 54.3. The van der Waals surface area contributed by atoms with Crippen molar-refractivity contribution in [2.24, 2.45) is 17.8 Å². The summed E-state index contributed by atoms with van der Waals surface area (Å²) in [5.41, 5.74) is 4.19. The van der Waals surface area contributed by atoms with Crippen molar-refractivity contribution in [2.75, 3.05) is 16.3 Å². The number of anilines is 2. The molecule has 180 valence electrons. The van der Waals surface area contributed by atoms with Crippen LogP contribution in [0.2, 0.25) is 0 Å². The van der Waals surface area contributed by atoms with Gasteiger partial charge in [-0.05, 0) is 69.5 Å². The predicted molar refractivity (Wildman–Crippen MR) is 131 cm³/mol. The number of allylic oxidation sites excluding steroid dienone is 2. The van der Waals surface area contributed by atoms with Gasteiger partial charge in [-0.15, -0.1) is 0 Å². The zero-order valence-electron chi connectivity index (χ0n) is 20.1. The van der Waals surface area contributed by atoms with Crippen LogP contribution in [0, 0.1) is 31.6 Å². The lowest BCUT2D eigenvalue weighted by atomic mass is 9.82. The number of benzene rings is 2. The second-order valence-electron chi connectivity index (χ2n) is 9.83. The molecule has 5 rings (SSSR count). The molecule has 0 bridgehead atoms. The van der Waals surface area contributed by atoms with Crippen LogP contribution in [-0.2, 0) is 19.2 Å². The molecule has 0 spiro atoms. The molecule has 7 nitrogen and oxygen atoms in total. The number of esters is 1. The van der Waals surface area contributed by atoms with E-state index in [4.69, 9.17) is 4.74 Å².